The standard InChI is InChI=1S/C18H21NO3/c1-19-8-7-18-11-4-5-13(20)17(18)22-16-14(21-2)6-3-10(15(16)18)9-12(11)19/h3-6,11-13,17,20H,7-9H2,1-2H3/t11-,12+,13?,17-,18-/m0/s1. The number of rotatable bonds is 1. The predicted octanol–water partition coefficient (Wildman–Crippen LogP) is 1.50. The molecule has 1 aromatic rings. The molecule has 0 aromatic heterocycles. The first-order valence-electron chi connectivity index (χ1n) is 8.10. The first-order chi connectivity index (χ1) is 10.7. The smallest absolute Gasteiger partial charge is 0.165 e. The van der Waals surface area contributed by atoms with E-state index in [0.29, 0.717) is 12.0 Å². The molecule has 2 aliphatic heterocycles. The van der Waals surface area contributed by atoms with Crippen molar-refractivity contribution in [1.29, 1.82) is 0 Å². The third kappa shape index (κ3) is 1.28. The van der Waals surface area contributed by atoms with Crippen LogP contribution in [-0.2, 0) is 11.8 Å². The van der Waals surface area contributed by atoms with Gasteiger partial charge in [0.15, 0.2) is 11.5 Å². The second-order valence-corrected chi connectivity index (χ2v) is 7.11. The van der Waals surface area contributed by atoms with Crippen LogP contribution >= 0.6 is 0 Å². The van der Waals surface area contributed by atoms with Gasteiger partial charge in [0.2, 0.25) is 0 Å². The van der Waals surface area contributed by atoms with Gasteiger partial charge < -0.3 is 19.5 Å². The van der Waals surface area contributed by atoms with Crippen molar-refractivity contribution < 1.29 is 14.6 Å². The van der Waals surface area contributed by atoms with E-state index < -0.39 is 6.10 Å². The van der Waals surface area contributed by atoms with Crippen LogP contribution in [0.15, 0.2) is 24.3 Å². The molecule has 2 aliphatic carbocycles. The summed E-state index contributed by atoms with van der Waals surface area (Å²) in [5.74, 6) is 2.09. The molecule has 1 N–H and O–H groups in total. The summed E-state index contributed by atoms with van der Waals surface area (Å²) < 4.78 is 11.8. The molecule has 5 atom stereocenters. The summed E-state index contributed by atoms with van der Waals surface area (Å²) in [7, 11) is 3.91. The van der Waals surface area contributed by atoms with E-state index >= 15 is 0 Å². The maximum absolute atomic E-state index is 10.6. The predicted molar refractivity (Wildman–Crippen MR) is 82.5 cm³/mol. The number of aliphatic hydroxyl groups excluding tert-OH is 1. The van der Waals surface area contributed by atoms with Gasteiger partial charge in [-0.1, -0.05) is 18.2 Å². The highest BCUT2D eigenvalue weighted by Crippen LogP contribution is 2.62. The molecule has 1 fully saturated rings. The molecule has 0 saturated carbocycles. The fraction of sp³-hybridized carbons (Fsp3) is 0.556. The van der Waals surface area contributed by atoms with Crippen molar-refractivity contribution in [3.05, 3.63) is 35.4 Å². The summed E-state index contributed by atoms with van der Waals surface area (Å²) in [5.41, 5.74) is 2.60. The fourth-order valence-corrected chi connectivity index (χ4v) is 5.39. The van der Waals surface area contributed by atoms with E-state index in [2.05, 4.69) is 24.1 Å². The Balaban J connectivity index is 1.82. The zero-order valence-corrected chi connectivity index (χ0v) is 13.0. The van der Waals surface area contributed by atoms with Gasteiger partial charge in [0.25, 0.3) is 0 Å². The van der Waals surface area contributed by atoms with E-state index in [4.69, 9.17) is 9.47 Å². The Hall–Kier alpha value is -1.52. The minimum atomic E-state index is -0.539. The highest BCUT2D eigenvalue weighted by molar-refractivity contribution is 5.62. The Morgan fingerprint density at radius 1 is 1.36 bits per heavy atom. The van der Waals surface area contributed by atoms with Crippen molar-refractivity contribution >= 4 is 0 Å². The van der Waals surface area contributed by atoms with Crippen LogP contribution in [0, 0.1) is 5.92 Å². The van der Waals surface area contributed by atoms with Crippen LogP contribution < -0.4 is 9.47 Å². The van der Waals surface area contributed by atoms with Gasteiger partial charge in [-0.3, -0.25) is 0 Å². The van der Waals surface area contributed by atoms with Crippen molar-refractivity contribution in [3.8, 4) is 11.5 Å². The number of ether oxygens (including phenoxy) is 2. The van der Waals surface area contributed by atoms with E-state index in [-0.39, 0.29) is 11.5 Å². The number of methoxy groups -OCH3 is 1. The van der Waals surface area contributed by atoms with E-state index in [0.717, 1.165) is 30.9 Å². The highest BCUT2D eigenvalue weighted by Gasteiger charge is 2.64. The fourth-order valence-electron chi connectivity index (χ4n) is 5.39. The molecule has 116 valence electrons. The first-order valence-corrected chi connectivity index (χ1v) is 8.10. The summed E-state index contributed by atoms with van der Waals surface area (Å²) in [6, 6.07) is 4.70. The molecule has 4 nitrogen and oxygen atoms in total. The molecule has 2 bridgehead atoms. The topological polar surface area (TPSA) is 41.9 Å². The molecule has 4 aliphatic rings. The van der Waals surface area contributed by atoms with Gasteiger partial charge in [-0.25, -0.2) is 0 Å². The first kappa shape index (κ1) is 13.0. The second-order valence-electron chi connectivity index (χ2n) is 7.11. The summed E-state index contributed by atoms with van der Waals surface area (Å²) >= 11 is 0. The Labute approximate surface area is 130 Å². The molecule has 1 saturated heterocycles. The van der Waals surface area contributed by atoms with Gasteiger partial charge >= 0.3 is 0 Å². The van der Waals surface area contributed by atoms with Gasteiger partial charge in [-0.2, -0.15) is 0 Å². The van der Waals surface area contributed by atoms with Crippen LogP contribution in [0.4, 0.5) is 0 Å². The number of piperidine rings is 1. The van der Waals surface area contributed by atoms with Gasteiger partial charge in [0.05, 0.1) is 7.11 Å². The Kier molecular flexibility index (Phi) is 2.39. The molecule has 4 heteroatoms. The minimum Gasteiger partial charge on any atom is -0.493 e. The molecular formula is C18H21NO3. The minimum absolute atomic E-state index is 0.0806. The lowest BCUT2D eigenvalue weighted by molar-refractivity contribution is -0.0453. The molecule has 5 rings (SSSR count). The summed E-state index contributed by atoms with van der Waals surface area (Å²) in [5, 5.41) is 10.6. The molecule has 1 aromatic carbocycles. The van der Waals surface area contributed by atoms with Crippen LogP contribution in [0.2, 0.25) is 0 Å². The van der Waals surface area contributed by atoms with Crippen LogP contribution in [0.3, 0.4) is 0 Å². The van der Waals surface area contributed by atoms with Crippen molar-refractivity contribution in [2.75, 3.05) is 20.7 Å². The van der Waals surface area contributed by atoms with Crippen LogP contribution in [0.25, 0.3) is 0 Å². The number of hydrogen-bond acceptors (Lipinski definition) is 4. The van der Waals surface area contributed by atoms with Crippen molar-refractivity contribution in [3.63, 3.8) is 0 Å². The zero-order chi connectivity index (χ0) is 15.1. The number of hydrogen-bond donors (Lipinski definition) is 1. The number of likely N-dealkylation sites (tertiary alicyclic amines) is 1. The quantitative estimate of drug-likeness (QED) is 0.798. The van der Waals surface area contributed by atoms with Crippen LogP contribution in [-0.4, -0.2) is 49.0 Å². The maximum Gasteiger partial charge on any atom is 0.165 e. The number of nitrogens with zero attached hydrogens (tertiary/aromatic N) is 1. The van der Waals surface area contributed by atoms with E-state index in [1.807, 2.05) is 12.1 Å². The number of benzene rings is 1. The zero-order valence-electron chi connectivity index (χ0n) is 13.0. The third-order valence-corrected chi connectivity index (χ3v) is 6.35. The van der Waals surface area contributed by atoms with Gasteiger partial charge in [-0.15, -0.1) is 0 Å². The summed E-state index contributed by atoms with van der Waals surface area (Å²) in [6.45, 7) is 1.05. The average Bonchev–Trinajstić information content (AvgIpc) is 2.88. The lowest BCUT2D eigenvalue weighted by Crippen LogP contribution is -2.64. The van der Waals surface area contributed by atoms with Gasteiger partial charge in [0.1, 0.15) is 12.2 Å². The van der Waals surface area contributed by atoms with Crippen molar-refractivity contribution in [2.45, 2.75) is 36.5 Å². The summed E-state index contributed by atoms with van der Waals surface area (Å²) in [4.78, 5) is 2.47. The number of aliphatic hydroxyl groups is 1. The van der Waals surface area contributed by atoms with Crippen molar-refractivity contribution in [1.82, 2.24) is 4.90 Å². The van der Waals surface area contributed by atoms with Gasteiger partial charge in [0, 0.05) is 22.9 Å². The van der Waals surface area contributed by atoms with Gasteiger partial charge in [-0.05, 0) is 38.1 Å². The molecular weight excluding hydrogens is 278 g/mol. The second kappa shape index (κ2) is 4.06. The SMILES string of the molecule is COc1ccc2c3c1O[C@H]1C(O)C=C[C@H]4[C@@H](C2)N(C)CC[C@]314. The Morgan fingerprint density at radius 2 is 2.23 bits per heavy atom. The average molecular weight is 299 g/mol. The molecule has 1 unspecified atom stereocenters. The molecule has 2 heterocycles. The van der Waals surface area contributed by atoms with Crippen LogP contribution in [0.1, 0.15) is 17.5 Å². The lowest BCUT2D eigenvalue weighted by Gasteiger charge is -2.56. The molecule has 1 spiro atoms. The largest absolute Gasteiger partial charge is 0.493 e. The Bertz CT molecular complexity index is 685. The highest BCUT2D eigenvalue weighted by atomic mass is 16.5. The maximum atomic E-state index is 10.6. The third-order valence-electron chi connectivity index (χ3n) is 6.35. The molecule has 22 heavy (non-hydrogen) atoms. The molecule has 0 radical (unpaired) electrons. The van der Waals surface area contributed by atoms with Crippen LogP contribution in [0.5, 0.6) is 11.5 Å². The molecule has 0 amide bonds. The van der Waals surface area contributed by atoms with Crippen molar-refractivity contribution in [2.24, 2.45) is 5.92 Å². The monoisotopic (exact) mass is 299 g/mol. The normalized spacial score (nSPS) is 41.0. The number of likely N-dealkylation sites (N-methyl/N-ethyl adjacent to an activating group) is 1. The Morgan fingerprint density at radius 3 is 3.05 bits per heavy atom. The van der Waals surface area contributed by atoms with E-state index in [1.54, 1.807) is 7.11 Å². The lowest BCUT2D eigenvalue weighted by atomic mass is 9.53. The van der Waals surface area contributed by atoms with E-state index in [9.17, 15) is 5.11 Å². The van der Waals surface area contributed by atoms with E-state index in [1.165, 1.54) is 11.1 Å². The summed E-state index contributed by atoms with van der Waals surface area (Å²) in [6.07, 6.45) is 5.54.